The summed E-state index contributed by atoms with van der Waals surface area (Å²) in [6, 6.07) is 16.9. The summed E-state index contributed by atoms with van der Waals surface area (Å²) in [4.78, 5) is 11.9. The molecule has 0 aliphatic carbocycles. The topological polar surface area (TPSA) is 17.1 Å². The quantitative estimate of drug-likeness (QED) is 0.702. The average Bonchev–Trinajstić information content (AvgIpc) is 2.30. The SMILES string of the molecule is O=C(c1[c]cccc1)c1ccc(Cl)cc1. The van der Waals surface area contributed by atoms with Crippen LogP contribution in [0, 0.1) is 6.07 Å². The zero-order valence-corrected chi connectivity index (χ0v) is 8.66. The Labute approximate surface area is 93.3 Å². The van der Waals surface area contributed by atoms with Crippen LogP contribution < -0.4 is 0 Å². The van der Waals surface area contributed by atoms with E-state index in [9.17, 15) is 4.79 Å². The minimum Gasteiger partial charge on any atom is -0.289 e. The highest BCUT2D eigenvalue weighted by atomic mass is 35.5. The lowest BCUT2D eigenvalue weighted by Gasteiger charge is -2.00. The summed E-state index contributed by atoms with van der Waals surface area (Å²) in [6.07, 6.45) is 0. The molecule has 15 heavy (non-hydrogen) atoms. The molecule has 0 N–H and O–H groups in total. The zero-order chi connectivity index (χ0) is 10.7. The van der Waals surface area contributed by atoms with Crippen molar-refractivity contribution in [2.24, 2.45) is 0 Å². The molecular formula is C13H8ClO. The van der Waals surface area contributed by atoms with Gasteiger partial charge in [-0.15, -0.1) is 0 Å². The van der Waals surface area contributed by atoms with E-state index in [1.807, 2.05) is 12.1 Å². The van der Waals surface area contributed by atoms with Crippen molar-refractivity contribution in [3.63, 3.8) is 0 Å². The van der Waals surface area contributed by atoms with E-state index in [1.165, 1.54) is 0 Å². The predicted octanol–water partition coefficient (Wildman–Crippen LogP) is 3.37. The molecule has 0 saturated heterocycles. The van der Waals surface area contributed by atoms with Crippen LogP contribution in [-0.2, 0) is 0 Å². The van der Waals surface area contributed by atoms with Crippen molar-refractivity contribution in [2.75, 3.05) is 0 Å². The van der Waals surface area contributed by atoms with E-state index in [-0.39, 0.29) is 5.78 Å². The van der Waals surface area contributed by atoms with Gasteiger partial charge in [0.25, 0.3) is 0 Å². The molecule has 0 heterocycles. The van der Waals surface area contributed by atoms with Gasteiger partial charge < -0.3 is 0 Å². The number of benzene rings is 2. The Hall–Kier alpha value is -1.60. The van der Waals surface area contributed by atoms with Gasteiger partial charge >= 0.3 is 0 Å². The van der Waals surface area contributed by atoms with Gasteiger partial charge in [0.1, 0.15) is 0 Å². The lowest BCUT2D eigenvalue weighted by atomic mass is 10.0. The van der Waals surface area contributed by atoms with Gasteiger partial charge in [-0.2, -0.15) is 0 Å². The maximum Gasteiger partial charge on any atom is 0.193 e. The third-order valence-corrected chi connectivity index (χ3v) is 2.31. The van der Waals surface area contributed by atoms with Gasteiger partial charge in [0.05, 0.1) is 0 Å². The molecule has 0 atom stereocenters. The molecule has 0 unspecified atom stereocenters. The lowest BCUT2D eigenvalue weighted by molar-refractivity contribution is 0.103. The van der Waals surface area contributed by atoms with Crippen molar-refractivity contribution in [3.8, 4) is 0 Å². The highest BCUT2D eigenvalue weighted by Gasteiger charge is 2.07. The Morgan fingerprint density at radius 2 is 1.80 bits per heavy atom. The summed E-state index contributed by atoms with van der Waals surface area (Å²) < 4.78 is 0. The molecule has 2 aromatic rings. The minimum atomic E-state index is -0.0349. The van der Waals surface area contributed by atoms with Crippen molar-refractivity contribution in [1.29, 1.82) is 0 Å². The third kappa shape index (κ3) is 2.25. The number of carbonyl (C=O) groups excluding carboxylic acids is 1. The molecule has 2 heteroatoms. The van der Waals surface area contributed by atoms with Gasteiger partial charge in [0.15, 0.2) is 5.78 Å². The molecule has 1 nitrogen and oxygen atoms in total. The van der Waals surface area contributed by atoms with Gasteiger partial charge in [-0.1, -0.05) is 35.9 Å². The number of hydrogen-bond donors (Lipinski definition) is 0. The van der Waals surface area contributed by atoms with Gasteiger partial charge in [-0.05, 0) is 30.3 Å². The van der Waals surface area contributed by atoms with Crippen molar-refractivity contribution < 1.29 is 4.79 Å². The molecular weight excluding hydrogens is 208 g/mol. The van der Waals surface area contributed by atoms with Crippen LogP contribution in [-0.4, -0.2) is 5.78 Å². The highest BCUT2D eigenvalue weighted by Crippen LogP contribution is 2.13. The zero-order valence-electron chi connectivity index (χ0n) is 7.91. The van der Waals surface area contributed by atoms with Gasteiger partial charge in [0.2, 0.25) is 0 Å². The Morgan fingerprint density at radius 3 is 2.40 bits per heavy atom. The van der Waals surface area contributed by atoms with Crippen LogP contribution in [0.15, 0.2) is 48.5 Å². The van der Waals surface area contributed by atoms with Crippen LogP contribution in [0.5, 0.6) is 0 Å². The van der Waals surface area contributed by atoms with Crippen molar-refractivity contribution in [1.82, 2.24) is 0 Å². The fourth-order valence-electron chi connectivity index (χ4n) is 1.29. The summed E-state index contributed by atoms with van der Waals surface area (Å²) in [5.74, 6) is -0.0349. The second-order valence-electron chi connectivity index (χ2n) is 3.11. The molecule has 0 aromatic heterocycles. The summed E-state index contributed by atoms with van der Waals surface area (Å²) in [7, 11) is 0. The number of rotatable bonds is 2. The van der Waals surface area contributed by atoms with E-state index in [1.54, 1.807) is 36.4 Å². The maximum absolute atomic E-state index is 11.9. The molecule has 73 valence electrons. The first-order valence-corrected chi connectivity index (χ1v) is 4.92. The van der Waals surface area contributed by atoms with E-state index in [4.69, 9.17) is 11.6 Å². The number of hydrogen-bond acceptors (Lipinski definition) is 1. The number of carbonyl (C=O) groups is 1. The van der Waals surface area contributed by atoms with Crippen LogP contribution in [0.2, 0.25) is 5.02 Å². The summed E-state index contributed by atoms with van der Waals surface area (Å²) in [5, 5.41) is 0.628. The predicted molar refractivity (Wildman–Crippen MR) is 60.2 cm³/mol. The number of ketones is 1. The molecule has 2 aromatic carbocycles. The highest BCUT2D eigenvalue weighted by molar-refractivity contribution is 6.30. The molecule has 0 bridgehead atoms. The van der Waals surface area contributed by atoms with Crippen LogP contribution in [0.25, 0.3) is 0 Å². The Morgan fingerprint density at radius 1 is 1.07 bits per heavy atom. The number of halogens is 1. The second kappa shape index (κ2) is 4.28. The fraction of sp³-hybridized carbons (Fsp3) is 0. The standard InChI is InChI=1S/C13H8ClO/c14-12-8-6-11(7-9-12)13(15)10-4-2-1-3-5-10/h1-4,6-9H. The third-order valence-electron chi connectivity index (χ3n) is 2.06. The summed E-state index contributed by atoms with van der Waals surface area (Å²) in [6.45, 7) is 0. The Bertz CT molecular complexity index is 460. The molecule has 0 aliphatic heterocycles. The minimum absolute atomic E-state index is 0.0349. The Kier molecular flexibility index (Phi) is 2.84. The van der Waals surface area contributed by atoms with Crippen molar-refractivity contribution in [2.45, 2.75) is 0 Å². The van der Waals surface area contributed by atoms with Crippen LogP contribution >= 0.6 is 11.6 Å². The normalized spacial score (nSPS) is 9.93. The van der Waals surface area contributed by atoms with E-state index >= 15 is 0 Å². The van der Waals surface area contributed by atoms with E-state index in [0.29, 0.717) is 16.1 Å². The summed E-state index contributed by atoms with van der Waals surface area (Å²) in [5.41, 5.74) is 1.20. The molecule has 0 aliphatic rings. The van der Waals surface area contributed by atoms with E-state index in [0.717, 1.165) is 0 Å². The molecule has 2 rings (SSSR count). The van der Waals surface area contributed by atoms with Crippen LogP contribution in [0.4, 0.5) is 0 Å². The van der Waals surface area contributed by atoms with Crippen LogP contribution in [0.3, 0.4) is 0 Å². The van der Waals surface area contributed by atoms with Gasteiger partial charge in [-0.3, -0.25) is 4.79 Å². The summed E-state index contributed by atoms with van der Waals surface area (Å²) >= 11 is 5.74. The molecule has 0 amide bonds. The van der Waals surface area contributed by atoms with Crippen LogP contribution in [0.1, 0.15) is 15.9 Å². The molecule has 0 fully saturated rings. The largest absolute Gasteiger partial charge is 0.289 e. The average molecular weight is 216 g/mol. The first-order valence-electron chi connectivity index (χ1n) is 4.54. The lowest BCUT2D eigenvalue weighted by Crippen LogP contribution is -2.00. The molecule has 0 saturated carbocycles. The van der Waals surface area contributed by atoms with Gasteiger partial charge in [-0.25, -0.2) is 0 Å². The Balaban J connectivity index is 2.33. The van der Waals surface area contributed by atoms with Crippen molar-refractivity contribution >= 4 is 17.4 Å². The van der Waals surface area contributed by atoms with Gasteiger partial charge in [0, 0.05) is 16.1 Å². The monoisotopic (exact) mass is 215 g/mol. The van der Waals surface area contributed by atoms with E-state index < -0.39 is 0 Å². The first-order chi connectivity index (χ1) is 7.27. The molecule has 0 spiro atoms. The second-order valence-corrected chi connectivity index (χ2v) is 3.55. The maximum atomic E-state index is 11.9. The smallest absolute Gasteiger partial charge is 0.193 e. The first kappa shape index (κ1) is 9.94. The fourth-order valence-corrected chi connectivity index (χ4v) is 1.42. The van der Waals surface area contributed by atoms with Crippen molar-refractivity contribution in [3.05, 3.63) is 70.7 Å². The molecule has 1 radical (unpaired) electrons. The van der Waals surface area contributed by atoms with E-state index in [2.05, 4.69) is 6.07 Å².